The molecule has 12 heteroatoms. The van der Waals surface area contributed by atoms with Crippen molar-refractivity contribution in [3.05, 3.63) is 59.6 Å². The lowest BCUT2D eigenvalue weighted by molar-refractivity contribution is -0.120. The van der Waals surface area contributed by atoms with E-state index in [1.54, 1.807) is 37.0 Å². The van der Waals surface area contributed by atoms with Crippen LogP contribution in [0.5, 0.6) is 0 Å². The minimum atomic E-state index is -0.756. The number of likely N-dealkylation sites (N-methyl/N-ethyl adjacent to an activating group) is 1. The molecule has 0 radical (unpaired) electrons. The van der Waals surface area contributed by atoms with E-state index in [0.29, 0.717) is 50.6 Å². The highest BCUT2D eigenvalue weighted by atomic mass is 19.1. The summed E-state index contributed by atoms with van der Waals surface area (Å²) in [6.07, 6.45) is 2.34. The number of hydrogen-bond acceptors (Lipinski definition) is 7. The Morgan fingerprint density at radius 2 is 2.06 bits per heavy atom. The molecule has 2 aromatic heterocycles. The van der Waals surface area contributed by atoms with Crippen molar-refractivity contribution < 1.29 is 23.5 Å². The highest BCUT2D eigenvalue weighted by molar-refractivity contribution is 6.00. The van der Waals surface area contributed by atoms with Crippen molar-refractivity contribution in [3.63, 3.8) is 0 Å². The van der Waals surface area contributed by atoms with Gasteiger partial charge in [0.2, 0.25) is 5.82 Å². The molecule has 0 aliphatic carbocycles. The number of carbonyl (C=O) groups is 2. The maximum Gasteiger partial charge on any atom is 0.291 e. The number of halogens is 1. The van der Waals surface area contributed by atoms with Crippen LogP contribution in [0.15, 0.2) is 36.7 Å². The van der Waals surface area contributed by atoms with Gasteiger partial charge in [-0.15, -0.1) is 5.10 Å². The van der Waals surface area contributed by atoms with E-state index in [2.05, 4.69) is 20.5 Å². The van der Waals surface area contributed by atoms with Crippen molar-refractivity contribution in [2.75, 3.05) is 38.9 Å². The fourth-order valence-electron chi connectivity index (χ4n) is 3.79. The summed E-state index contributed by atoms with van der Waals surface area (Å²) >= 11 is 0. The van der Waals surface area contributed by atoms with Crippen molar-refractivity contribution in [2.24, 2.45) is 0 Å². The Balaban J connectivity index is 1.35. The molecule has 186 valence electrons. The predicted molar refractivity (Wildman–Crippen MR) is 123 cm³/mol. The second kappa shape index (κ2) is 11.2. The molecule has 35 heavy (non-hydrogen) atoms. The molecule has 0 unspecified atom stereocenters. The number of carbonyl (C=O) groups excluding carboxylic acids is 2. The quantitative estimate of drug-likeness (QED) is 0.427. The number of nitrogens with zero attached hydrogens (tertiary/aromatic N) is 6. The molecule has 1 aromatic carbocycles. The summed E-state index contributed by atoms with van der Waals surface area (Å²) in [5.74, 6) is -0.621. The lowest BCUT2D eigenvalue weighted by Crippen LogP contribution is -2.47. The van der Waals surface area contributed by atoms with E-state index in [0.717, 1.165) is 5.69 Å². The Labute approximate surface area is 201 Å². The van der Waals surface area contributed by atoms with Crippen LogP contribution in [0.1, 0.15) is 28.3 Å². The summed E-state index contributed by atoms with van der Waals surface area (Å²) < 4.78 is 27.5. The Kier molecular flexibility index (Phi) is 7.83. The average Bonchev–Trinajstić information content (AvgIpc) is 3.47. The number of methoxy groups -OCH3 is 1. The largest absolute Gasteiger partial charge is 0.382 e. The van der Waals surface area contributed by atoms with Crippen LogP contribution in [0.4, 0.5) is 10.2 Å². The molecule has 1 atom stereocenters. The minimum Gasteiger partial charge on any atom is -0.382 e. The van der Waals surface area contributed by atoms with E-state index in [1.165, 1.54) is 22.0 Å². The van der Waals surface area contributed by atoms with E-state index in [1.807, 2.05) is 6.07 Å². The van der Waals surface area contributed by atoms with Crippen LogP contribution in [0.3, 0.4) is 0 Å². The van der Waals surface area contributed by atoms with Crippen molar-refractivity contribution in [1.29, 1.82) is 0 Å². The topological polar surface area (TPSA) is 116 Å². The maximum atomic E-state index is 13.9. The average molecular weight is 486 g/mol. The molecular weight excluding hydrogens is 457 g/mol. The van der Waals surface area contributed by atoms with E-state index < -0.39 is 11.9 Å². The van der Waals surface area contributed by atoms with Gasteiger partial charge in [0.15, 0.2) is 0 Å². The Morgan fingerprint density at radius 3 is 2.86 bits per heavy atom. The van der Waals surface area contributed by atoms with Crippen molar-refractivity contribution in [2.45, 2.75) is 32.0 Å². The highest BCUT2D eigenvalue weighted by Crippen LogP contribution is 2.21. The van der Waals surface area contributed by atoms with E-state index in [4.69, 9.17) is 9.47 Å². The van der Waals surface area contributed by atoms with Gasteiger partial charge in [-0.3, -0.25) is 14.5 Å². The van der Waals surface area contributed by atoms with Crippen LogP contribution in [-0.2, 0) is 33.8 Å². The van der Waals surface area contributed by atoms with Crippen LogP contribution in [0, 0.1) is 5.82 Å². The predicted octanol–water partition coefficient (Wildman–Crippen LogP) is 1.03. The summed E-state index contributed by atoms with van der Waals surface area (Å²) in [4.78, 5) is 31.3. The molecular formula is C23H28FN7O4. The Hall–Kier alpha value is -3.64. The van der Waals surface area contributed by atoms with Gasteiger partial charge in [-0.1, -0.05) is 18.2 Å². The number of aryl methyl sites for hydroxylation is 1. The number of aromatic nitrogens is 5. The zero-order valence-electron chi connectivity index (χ0n) is 19.7. The Bertz CT molecular complexity index is 1180. The van der Waals surface area contributed by atoms with Crippen LogP contribution in [-0.4, -0.2) is 76.4 Å². The summed E-state index contributed by atoms with van der Waals surface area (Å²) in [7, 11) is 3.27. The van der Waals surface area contributed by atoms with Gasteiger partial charge in [-0.05, 0) is 12.5 Å². The number of benzene rings is 1. The molecule has 3 aromatic rings. The SMILES string of the molecule is COCCOCCc1cc2n(n1)CC[C@@H](NC(=O)c1ncn(Cc3ccccc3F)n1)C(=O)N2C. The first-order valence-electron chi connectivity index (χ1n) is 11.3. The second-order valence-electron chi connectivity index (χ2n) is 8.14. The van der Waals surface area contributed by atoms with Gasteiger partial charge >= 0.3 is 0 Å². The summed E-state index contributed by atoms with van der Waals surface area (Å²) in [6.45, 7) is 2.15. The lowest BCUT2D eigenvalue weighted by Gasteiger charge is -2.19. The molecule has 3 heterocycles. The van der Waals surface area contributed by atoms with Crippen molar-refractivity contribution >= 4 is 17.6 Å². The maximum absolute atomic E-state index is 13.9. The zero-order chi connectivity index (χ0) is 24.8. The third-order valence-electron chi connectivity index (χ3n) is 5.68. The van der Waals surface area contributed by atoms with E-state index in [9.17, 15) is 14.0 Å². The number of nitrogens with one attached hydrogen (secondary N) is 1. The van der Waals surface area contributed by atoms with Gasteiger partial charge in [0, 0.05) is 38.8 Å². The Morgan fingerprint density at radius 1 is 1.23 bits per heavy atom. The van der Waals surface area contributed by atoms with Crippen LogP contribution >= 0.6 is 0 Å². The third kappa shape index (κ3) is 5.89. The van der Waals surface area contributed by atoms with Gasteiger partial charge in [-0.2, -0.15) is 5.10 Å². The standard InChI is InChI=1S/C23H28FN7O4/c1-29-20-13-17(8-10-35-12-11-34-2)27-31(20)9-7-19(23(29)33)26-22(32)21-25-15-30(28-21)14-16-5-3-4-6-18(16)24/h3-6,13,15,19H,7-12,14H2,1-2H3,(H,26,32)/t19-/m1/s1. The van der Waals surface area contributed by atoms with Crippen LogP contribution < -0.4 is 10.2 Å². The molecule has 0 spiro atoms. The molecule has 11 nitrogen and oxygen atoms in total. The fraction of sp³-hybridized carbons (Fsp3) is 0.435. The smallest absolute Gasteiger partial charge is 0.291 e. The first-order chi connectivity index (χ1) is 17.0. The lowest BCUT2D eigenvalue weighted by atomic mass is 10.2. The number of amides is 2. The zero-order valence-corrected chi connectivity index (χ0v) is 19.7. The van der Waals surface area contributed by atoms with Gasteiger partial charge in [-0.25, -0.2) is 18.7 Å². The number of hydrogen-bond donors (Lipinski definition) is 1. The monoisotopic (exact) mass is 485 g/mol. The highest BCUT2D eigenvalue weighted by Gasteiger charge is 2.31. The molecule has 0 saturated heterocycles. The fourth-order valence-corrected chi connectivity index (χ4v) is 3.79. The molecule has 2 amide bonds. The van der Waals surface area contributed by atoms with Crippen molar-refractivity contribution in [3.8, 4) is 0 Å². The number of rotatable bonds is 10. The number of fused-ring (bicyclic) bond motifs is 1. The number of ether oxygens (including phenoxy) is 2. The molecule has 4 rings (SSSR count). The molecule has 0 saturated carbocycles. The first-order valence-corrected chi connectivity index (χ1v) is 11.3. The summed E-state index contributed by atoms with van der Waals surface area (Å²) in [6, 6.07) is 7.42. The second-order valence-corrected chi connectivity index (χ2v) is 8.14. The number of anilines is 1. The minimum absolute atomic E-state index is 0.0884. The van der Waals surface area contributed by atoms with Crippen LogP contribution in [0.25, 0.3) is 0 Å². The van der Waals surface area contributed by atoms with Crippen LogP contribution in [0.2, 0.25) is 0 Å². The normalized spacial score (nSPS) is 15.7. The van der Waals surface area contributed by atoms with Gasteiger partial charge in [0.25, 0.3) is 11.8 Å². The van der Waals surface area contributed by atoms with E-state index >= 15 is 0 Å². The van der Waals surface area contributed by atoms with Crippen molar-refractivity contribution in [1.82, 2.24) is 29.9 Å². The molecule has 1 aliphatic heterocycles. The molecule has 1 N–H and O–H groups in total. The van der Waals surface area contributed by atoms with Gasteiger partial charge in [0.1, 0.15) is 24.0 Å². The summed E-state index contributed by atoms with van der Waals surface area (Å²) in [5, 5.41) is 11.4. The van der Waals surface area contributed by atoms with Gasteiger partial charge in [0.05, 0.1) is 32.1 Å². The molecule has 0 fully saturated rings. The summed E-state index contributed by atoms with van der Waals surface area (Å²) in [5.41, 5.74) is 1.25. The first kappa shape index (κ1) is 24.5. The van der Waals surface area contributed by atoms with Gasteiger partial charge < -0.3 is 14.8 Å². The molecule has 1 aliphatic rings. The molecule has 0 bridgehead atoms. The third-order valence-corrected chi connectivity index (χ3v) is 5.68. The van der Waals surface area contributed by atoms with E-state index in [-0.39, 0.29) is 24.1 Å².